The maximum absolute atomic E-state index is 12.0. The molecule has 21 heavy (non-hydrogen) atoms. The van der Waals surface area contributed by atoms with Crippen molar-refractivity contribution in [2.24, 2.45) is 0 Å². The maximum atomic E-state index is 12.0. The van der Waals surface area contributed by atoms with Crippen molar-refractivity contribution in [1.82, 2.24) is 9.97 Å². The number of ether oxygens (including phenoxy) is 2. The van der Waals surface area contributed by atoms with Gasteiger partial charge in [0.1, 0.15) is 12.4 Å². The molecule has 1 aromatic heterocycles. The summed E-state index contributed by atoms with van der Waals surface area (Å²) in [4.78, 5) is 7.78. The molecule has 0 saturated carbocycles. The Morgan fingerprint density at radius 3 is 2.38 bits per heavy atom. The number of methoxy groups -OCH3 is 1. The molecule has 0 unspecified atom stereocenters. The normalized spacial score (nSPS) is 11.1. The van der Waals surface area contributed by atoms with E-state index in [1.807, 2.05) is 0 Å². The summed E-state index contributed by atoms with van der Waals surface area (Å²) in [7, 11) is -2.24. The Kier molecular flexibility index (Phi) is 5.07. The lowest BCUT2D eigenvalue weighted by atomic mass is 10.4. The van der Waals surface area contributed by atoms with E-state index in [1.165, 1.54) is 24.5 Å². The Balaban J connectivity index is 2.03. The molecule has 0 aliphatic rings. The van der Waals surface area contributed by atoms with E-state index < -0.39 is 10.0 Å². The fraction of sp³-hybridized carbons (Fsp3) is 0.231. The van der Waals surface area contributed by atoms with Crippen molar-refractivity contribution in [3.8, 4) is 5.75 Å². The Hall–Kier alpha value is -2.19. The van der Waals surface area contributed by atoms with Crippen LogP contribution in [0.4, 0.5) is 5.95 Å². The van der Waals surface area contributed by atoms with Gasteiger partial charge in [-0.05, 0) is 24.5 Å². The van der Waals surface area contributed by atoms with Crippen molar-refractivity contribution in [3.05, 3.63) is 47.4 Å². The lowest BCUT2D eigenvalue weighted by Crippen LogP contribution is -2.05. The molecular formula is C13H14N3O4S-. The predicted molar refractivity (Wildman–Crippen MR) is 76.0 cm³/mol. The molecule has 1 aromatic carbocycles. The number of sulfonamides is 1. The summed E-state index contributed by atoms with van der Waals surface area (Å²) in [6, 6.07) is 7.88. The third-order valence-electron chi connectivity index (χ3n) is 2.41. The van der Waals surface area contributed by atoms with Gasteiger partial charge in [-0.15, -0.1) is 0 Å². The van der Waals surface area contributed by atoms with E-state index in [0.717, 1.165) is 0 Å². The van der Waals surface area contributed by atoms with Crippen LogP contribution in [0.15, 0.2) is 47.6 Å². The average Bonchev–Trinajstić information content (AvgIpc) is 2.50. The maximum Gasteiger partial charge on any atom is 0.229 e. The topological polar surface area (TPSA) is 92.5 Å². The number of aromatic nitrogens is 2. The Morgan fingerprint density at radius 1 is 1.10 bits per heavy atom. The SMILES string of the molecule is COCCOc1cnc([N-]S(=O)(=O)c2ccccc2)nc1. The highest BCUT2D eigenvalue weighted by atomic mass is 32.2. The van der Waals surface area contributed by atoms with Crippen LogP contribution in [-0.4, -0.2) is 38.7 Å². The van der Waals surface area contributed by atoms with Crippen LogP contribution in [-0.2, 0) is 14.8 Å². The molecule has 0 bridgehead atoms. The fourth-order valence-corrected chi connectivity index (χ4v) is 2.34. The van der Waals surface area contributed by atoms with Crippen LogP contribution in [0.25, 0.3) is 4.72 Å². The monoisotopic (exact) mass is 308 g/mol. The van der Waals surface area contributed by atoms with Gasteiger partial charge in [0.15, 0.2) is 0 Å². The first-order chi connectivity index (χ1) is 10.1. The first kappa shape index (κ1) is 15.2. The van der Waals surface area contributed by atoms with Crippen LogP contribution in [0.1, 0.15) is 0 Å². The van der Waals surface area contributed by atoms with Gasteiger partial charge in [-0.2, -0.15) is 0 Å². The summed E-state index contributed by atoms with van der Waals surface area (Å²) >= 11 is 0. The van der Waals surface area contributed by atoms with Crippen LogP contribution >= 0.6 is 0 Å². The van der Waals surface area contributed by atoms with Crippen molar-refractivity contribution in [3.63, 3.8) is 0 Å². The first-order valence-corrected chi connectivity index (χ1v) is 7.53. The number of hydrogen-bond acceptors (Lipinski definition) is 6. The average molecular weight is 308 g/mol. The highest BCUT2D eigenvalue weighted by Gasteiger charge is 2.10. The minimum Gasteiger partial charge on any atom is -0.491 e. The van der Waals surface area contributed by atoms with Crippen molar-refractivity contribution >= 4 is 16.0 Å². The van der Waals surface area contributed by atoms with Crippen molar-refractivity contribution in [2.45, 2.75) is 4.90 Å². The molecule has 1 heterocycles. The zero-order valence-electron chi connectivity index (χ0n) is 11.3. The lowest BCUT2D eigenvalue weighted by molar-refractivity contribution is 0.146. The molecule has 2 rings (SSSR count). The number of nitrogens with zero attached hydrogens (tertiary/aromatic N) is 3. The molecule has 0 radical (unpaired) electrons. The van der Waals surface area contributed by atoms with Gasteiger partial charge >= 0.3 is 0 Å². The molecule has 7 nitrogen and oxygen atoms in total. The van der Waals surface area contributed by atoms with Crippen molar-refractivity contribution < 1.29 is 17.9 Å². The summed E-state index contributed by atoms with van der Waals surface area (Å²) < 4.78 is 37.7. The first-order valence-electron chi connectivity index (χ1n) is 6.09. The van der Waals surface area contributed by atoms with Crippen LogP contribution < -0.4 is 4.74 Å². The molecule has 2 aromatic rings. The third-order valence-corrected chi connectivity index (χ3v) is 3.69. The summed E-state index contributed by atoms with van der Waals surface area (Å²) in [6.45, 7) is 0.799. The second-order valence-corrected chi connectivity index (χ2v) is 5.54. The number of rotatable bonds is 7. The second-order valence-electron chi connectivity index (χ2n) is 3.94. The molecule has 0 N–H and O–H groups in total. The van der Waals surface area contributed by atoms with Gasteiger partial charge in [-0.3, -0.25) is 4.72 Å². The van der Waals surface area contributed by atoms with E-state index in [4.69, 9.17) is 9.47 Å². The van der Waals surface area contributed by atoms with Crippen molar-refractivity contribution in [1.29, 1.82) is 0 Å². The molecule has 0 fully saturated rings. The Morgan fingerprint density at radius 2 is 1.76 bits per heavy atom. The van der Waals surface area contributed by atoms with E-state index >= 15 is 0 Å². The Labute approximate surface area is 123 Å². The Bertz CT molecular complexity index is 660. The minimum atomic E-state index is -3.81. The molecular weight excluding hydrogens is 294 g/mol. The lowest BCUT2D eigenvalue weighted by Gasteiger charge is -2.14. The molecule has 112 valence electrons. The largest absolute Gasteiger partial charge is 0.491 e. The standard InChI is InChI=1S/C13H14N3O4S/c1-19-7-8-20-11-9-14-13(15-10-11)16-21(17,18)12-5-3-2-4-6-12/h2-6,9-10H,7-8H2,1H3/q-1. The summed E-state index contributed by atoms with van der Waals surface area (Å²) in [5.41, 5.74) is 0. The summed E-state index contributed by atoms with van der Waals surface area (Å²) in [5, 5.41) is 0. The van der Waals surface area contributed by atoms with Gasteiger partial charge < -0.3 is 19.4 Å². The highest BCUT2D eigenvalue weighted by molar-refractivity contribution is 7.94. The van der Waals surface area contributed by atoms with Gasteiger partial charge in [0.25, 0.3) is 0 Å². The van der Waals surface area contributed by atoms with E-state index in [9.17, 15) is 8.42 Å². The molecule has 0 amide bonds. The molecule has 8 heteroatoms. The zero-order chi connectivity index (χ0) is 15.1. The number of hydrogen-bond donors (Lipinski definition) is 0. The van der Waals surface area contributed by atoms with Crippen LogP contribution in [0.3, 0.4) is 0 Å². The third kappa shape index (κ3) is 4.40. The van der Waals surface area contributed by atoms with Crippen LogP contribution in [0, 0.1) is 0 Å². The smallest absolute Gasteiger partial charge is 0.229 e. The summed E-state index contributed by atoms with van der Waals surface area (Å²) in [5.74, 6) is 0.279. The van der Waals surface area contributed by atoms with Crippen molar-refractivity contribution in [2.75, 3.05) is 20.3 Å². The van der Waals surface area contributed by atoms with Gasteiger partial charge in [0, 0.05) is 13.1 Å². The summed E-state index contributed by atoms with van der Waals surface area (Å²) in [6.07, 6.45) is 2.73. The van der Waals surface area contributed by atoms with E-state index in [0.29, 0.717) is 19.0 Å². The van der Waals surface area contributed by atoms with E-state index in [-0.39, 0.29) is 10.8 Å². The molecule has 0 spiro atoms. The molecule has 0 saturated heterocycles. The minimum absolute atomic E-state index is 0.0917. The van der Waals surface area contributed by atoms with Crippen LogP contribution in [0.5, 0.6) is 5.75 Å². The molecule has 0 aliphatic heterocycles. The van der Waals surface area contributed by atoms with Gasteiger partial charge in [-0.25, -0.2) is 8.42 Å². The van der Waals surface area contributed by atoms with Crippen LogP contribution in [0.2, 0.25) is 0 Å². The number of benzene rings is 1. The van der Waals surface area contributed by atoms with Gasteiger partial charge in [0.05, 0.1) is 11.5 Å². The predicted octanol–water partition coefficient (Wildman–Crippen LogP) is 1.90. The van der Waals surface area contributed by atoms with Gasteiger partial charge in [-0.1, -0.05) is 18.2 Å². The zero-order valence-corrected chi connectivity index (χ0v) is 12.2. The second kappa shape index (κ2) is 7.00. The van der Waals surface area contributed by atoms with E-state index in [2.05, 4.69) is 14.7 Å². The van der Waals surface area contributed by atoms with Gasteiger partial charge in [0.2, 0.25) is 10.0 Å². The highest BCUT2D eigenvalue weighted by Crippen LogP contribution is 2.24. The van der Waals surface area contributed by atoms with E-state index in [1.54, 1.807) is 25.3 Å². The molecule has 0 atom stereocenters. The quantitative estimate of drug-likeness (QED) is 0.725. The fourth-order valence-electron chi connectivity index (χ4n) is 1.43. The molecule has 0 aliphatic carbocycles.